The van der Waals surface area contributed by atoms with Crippen LogP contribution in [0.25, 0.3) is 0 Å². The molecule has 0 saturated heterocycles. The molecule has 9 nitrogen and oxygen atoms in total. The lowest BCUT2D eigenvalue weighted by molar-refractivity contribution is 0.102. The number of methoxy groups -OCH3 is 1. The number of nitrogens with one attached hydrogen (secondary N) is 1. The summed E-state index contributed by atoms with van der Waals surface area (Å²) in [4.78, 5) is 29.2. The lowest BCUT2D eigenvalue weighted by Crippen LogP contribution is -2.31. The summed E-state index contributed by atoms with van der Waals surface area (Å²) in [5.41, 5.74) is -0.933. The molecule has 0 aliphatic rings. The topological polar surface area (TPSA) is 108 Å². The smallest absolute Gasteiger partial charge is 0.270 e. The number of aromatic nitrogens is 3. The second kappa shape index (κ2) is 8.96. The molecule has 12 heteroatoms. The number of nitrogens with zero attached hydrogens (tertiary/aromatic N) is 3. The van der Waals surface area contributed by atoms with Crippen LogP contribution in [0.5, 0.6) is 23.3 Å². The number of benzene rings is 1. The van der Waals surface area contributed by atoms with E-state index >= 15 is 0 Å². The summed E-state index contributed by atoms with van der Waals surface area (Å²) in [6, 6.07) is 5.99. The van der Waals surface area contributed by atoms with Gasteiger partial charge in [-0.25, -0.2) is 4.98 Å². The quantitative estimate of drug-likeness (QED) is 0.530. The maximum atomic E-state index is 12.7. The number of hydrogen-bond acceptors (Lipinski definition) is 7. The van der Waals surface area contributed by atoms with Crippen LogP contribution in [0.2, 0.25) is 10.0 Å². The number of ether oxygens (including phenoxy) is 2. The molecule has 0 atom stereocenters. The number of halogens is 2. The monoisotopic (exact) mass is 482 g/mol. The molecule has 0 spiro atoms. The van der Waals surface area contributed by atoms with E-state index in [0.29, 0.717) is 10.8 Å². The number of aromatic hydroxyl groups is 1. The molecule has 0 unspecified atom stereocenters. The Hall–Kier alpha value is -3.08. The summed E-state index contributed by atoms with van der Waals surface area (Å²) < 4.78 is 13.3. The molecular weight excluding hydrogens is 467 g/mol. The molecule has 2 N–H and O–H groups in total. The minimum atomic E-state index is -0.831. The van der Waals surface area contributed by atoms with Gasteiger partial charge in [-0.3, -0.25) is 18.7 Å². The highest BCUT2D eigenvalue weighted by Crippen LogP contribution is 2.36. The maximum absolute atomic E-state index is 12.7. The summed E-state index contributed by atoms with van der Waals surface area (Å²) in [5, 5.41) is 13.3. The summed E-state index contributed by atoms with van der Waals surface area (Å²) in [6.45, 7) is 0. The van der Waals surface area contributed by atoms with Crippen LogP contribution in [0.1, 0.15) is 10.4 Å². The van der Waals surface area contributed by atoms with Crippen molar-refractivity contribution < 1.29 is 19.4 Å². The Balaban J connectivity index is 1.97. The van der Waals surface area contributed by atoms with Crippen LogP contribution < -0.4 is 20.3 Å². The summed E-state index contributed by atoms with van der Waals surface area (Å²) in [7, 11) is 4.29. The van der Waals surface area contributed by atoms with Gasteiger partial charge in [-0.2, -0.15) is 0 Å². The van der Waals surface area contributed by atoms with Gasteiger partial charge in [0.15, 0.2) is 21.8 Å². The van der Waals surface area contributed by atoms with Gasteiger partial charge in [-0.1, -0.05) is 23.2 Å². The van der Waals surface area contributed by atoms with Gasteiger partial charge in [-0.15, -0.1) is 0 Å². The van der Waals surface area contributed by atoms with Gasteiger partial charge < -0.3 is 19.9 Å². The Bertz CT molecular complexity index is 1310. The second-order valence-electron chi connectivity index (χ2n) is 6.27. The Labute approximate surface area is 191 Å². The van der Waals surface area contributed by atoms with Crippen LogP contribution in [-0.4, -0.2) is 32.2 Å². The zero-order valence-electron chi connectivity index (χ0n) is 16.5. The zero-order valence-corrected chi connectivity index (χ0v) is 18.8. The predicted octanol–water partition coefficient (Wildman–Crippen LogP) is 3.91. The Kier molecular flexibility index (Phi) is 6.54. The van der Waals surface area contributed by atoms with Crippen molar-refractivity contribution in [2.75, 3.05) is 12.4 Å². The predicted molar refractivity (Wildman–Crippen MR) is 118 cm³/mol. The van der Waals surface area contributed by atoms with Crippen molar-refractivity contribution in [2.45, 2.75) is 0 Å². The van der Waals surface area contributed by atoms with Gasteiger partial charge in [0.05, 0.1) is 12.1 Å². The molecule has 0 saturated carbocycles. The average molecular weight is 483 g/mol. The highest BCUT2D eigenvalue weighted by molar-refractivity contribution is 7.71. The minimum absolute atomic E-state index is 0.0616. The van der Waals surface area contributed by atoms with Crippen molar-refractivity contribution in [1.82, 2.24) is 14.1 Å². The van der Waals surface area contributed by atoms with E-state index in [9.17, 15) is 14.7 Å². The molecule has 31 heavy (non-hydrogen) atoms. The minimum Gasteiger partial charge on any atom is -0.494 e. The molecule has 2 heterocycles. The highest BCUT2D eigenvalue weighted by Gasteiger charge is 2.21. The standard InChI is InChI=1S/C19H16Cl2N4O5S/c1-24-17(27)14(18(28)25(2)19(24)31)15(26)23-10-4-5-12(29-3)13(7-10)30-16-11(21)6-9(20)8-22-16/h4-8,27H,1-3H3,(H,23,26). The van der Waals surface area contributed by atoms with Gasteiger partial charge in [0.2, 0.25) is 11.8 Å². The molecule has 3 rings (SSSR count). The fourth-order valence-corrected chi connectivity index (χ4v) is 3.23. The first-order chi connectivity index (χ1) is 14.6. The molecule has 0 bridgehead atoms. The van der Waals surface area contributed by atoms with Gasteiger partial charge in [0.1, 0.15) is 5.02 Å². The van der Waals surface area contributed by atoms with E-state index in [2.05, 4.69) is 10.3 Å². The van der Waals surface area contributed by atoms with E-state index in [1.54, 1.807) is 6.07 Å². The number of anilines is 1. The number of hydrogen-bond donors (Lipinski definition) is 2. The number of amides is 1. The summed E-state index contributed by atoms with van der Waals surface area (Å²) in [6.07, 6.45) is 1.36. The maximum Gasteiger partial charge on any atom is 0.270 e. The van der Waals surface area contributed by atoms with Crippen molar-refractivity contribution in [1.29, 1.82) is 0 Å². The van der Waals surface area contributed by atoms with Crippen molar-refractivity contribution in [3.63, 3.8) is 0 Å². The van der Waals surface area contributed by atoms with E-state index < -0.39 is 22.9 Å². The fraction of sp³-hybridized carbons (Fsp3) is 0.158. The third-order valence-corrected chi connectivity index (χ3v) is 5.29. The Morgan fingerprint density at radius 3 is 2.55 bits per heavy atom. The first kappa shape index (κ1) is 22.6. The highest BCUT2D eigenvalue weighted by atomic mass is 35.5. The molecule has 2 aromatic heterocycles. The molecule has 162 valence electrons. The molecule has 0 fully saturated rings. The van der Waals surface area contributed by atoms with Crippen molar-refractivity contribution >= 4 is 47.0 Å². The molecule has 1 amide bonds. The van der Waals surface area contributed by atoms with Crippen molar-refractivity contribution in [3.8, 4) is 23.3 Å². The number of pyridine rings is 1. The number of carbonyl (C=O) groups is 1. The normalized spacial score (nSPS) is 10.6. The third-order valence-electron chi connectivity index (χ3n) is 4.26. The van der Waals surface area contributed by atoms with Gasteiger partial charge in [0, 0.05) is 32.0 Å². The van der Waals surface area contributed by atoms with Gasteiger partial charge >= 0.3 is 0 Å². The Morgan fingerprint density at radius 1 is 1.19 bits per heavy atom. The zero-order chi connectivity index (χ0) is 22.9. The lowest BCUT2D eigenvalue weighted by Gasteiger charge is -2.14. The fourth-order valence-electron chi connectivity index (χ4n) is 2.64. The summed E-state index contributed by atoms with van der Waals surface area (Å²) >= 11 is 17.0. The van der Waals surface area contributed by atoms with Crippen LogP contribution >= 0.6 is 35.4 Å². The van der Waals surface area contributed by atoms with Crippen molar-refractivity contribution in [2.24, 2.45) is 14.1 Å². The first-order valence-corrected chi connectivity index (χ1v) is 9.77. The van der Waals surface area contributed by atoms with E-state index in [1.807, 2.05) is 0 Å². The van der Waals surface area contributed by atoms with Crippen molar-refractivity contribution in [3.05, 3.63) is 61.2 Å². The number of rotatable bonds is 5. The largest absolute Gasteiger partial charge is 0.494 e. The number of carbonyl (C=O) groups excluding carboxylic acids is 1. The molecule has 3 aromatic rings. The SMILES string of the molecule is COc1ccc(NC(=O)c2c(O)n(C)c(=S)n(C)c2=O)cc1Oc1ncc(Cl)cc1Cl. The first-order valence-electron chi connectivity index (χ1n) is 8.61. The van der Waals surface area contributed by atoms with E-state index in [4.69, 9.17) is 44.9 Å². The lowest BCUT2D eigenvalue weighted by atomic mass is 10.2. The molecular formula is C19H16Cl2N4O5S. The van der Waals surface area contributed by atoms with Gasteiger partial charge in [-0.05, 0) is 30.4 Å². The van der Waals surface area contributed by atoms with Gasteiger partial charge in [0.25, 0.3) is 11.5 Å². The van der Waals surface area contributed by atoms with E-state index in [0.717, 1.165) is 9.13 Å². The average Bonchev–Trinajstić information content (AvgIpc) is 2.73. The van der Waals surface area contributed by atoms with Crippen LogP contribution in [0.4, 0.5) is 5.69 Å². The third kappa shape index (κ3) is 4.50. The van der Waals surface area contributed by atoms with Crippen LogP contribution in [-0.2, 0) is 14.1 Å². The van der Waals surface area contributed by atoms with Crippen LogP contribution in [0, 0.1) is 4.77 Å². The molecule has 0 radical (unpaired) electrons. The van der Waals surface area contributed by atoms with Crippen LogP contribution in [0.15, 0.2) is 35.3 Å². The molecule has 0 aliphatic carbocycles. The van der Waals surface area contributed by atoms with Crippen LogP contribution in [0.3, 0.4) is 0 Å². The molecule has 1 aromatic carbocycles. The van der Waals surface area contributed by atoms with E-state index in [1.165, 1.54) is 45.6 Å². The van der Waals surface area contributed by atoms with E-state index in [-0.39, 0.29) is 27.1 Å². The second-order valence-corrected chi connectivity index (χ2v) is 7.48. The summed E-state index contributed by atoms with van der Waals surface area (Å²) in [5.74, 6) is -0.769. The Morgan fingerprint density at radius 2 is 1.90 bits per heavy atom. The molecule has 0 aliphatic heterocycles.